The van der Waals surface area contributed by atoms with Gasteiger partial charge in [0.15, 0.2) is 5.96 Å². The van der Waals surface area contributed by atoms with E-state index >= 15 is 0 Å². The van der Waals surface area contributed by atoms with Crippen molar-refractivity contribution in [3.63, 3.8) is 0 Å². The van der Waals surface area contributed by atoms with Gasteiger partial charge in [-0.2, -0.15) is 0 Å². The Morgan fingerprint density at radius 2 is 1.97 bits per heavy atom. The molecular formula is C21H40IN5OS. The first-order valence-corrected chi connectivity index (χ1v) is 11.4. The molecule has 1 aliphatic rings. The van der Waals surface area contributed by atoms with Crippen molar-refractivity contribution in [2.45, 2.75) is 58.9 Å². The van der Waals surface area contributed by atoms with Gasteiger partial charge in [-0.05, 0) is 12.3 Å². The van der Waals surface area contributed by atoms with E-state index in [9.17, 15) is 0 Å². The maximum absolute atomic E-state index is 5.52. The van der Waals surface area contributed by atoms with Crippen molar-refractivity contribution in [1.82, 2.24) is 20.5 Å². The molecule has 0 radical (unpaired) electrons. The number of aliphatic imine (C=N–C) groups is 1. The Hall–Kier alpha value is -0.450. The molecule has 1 aliphatic heterocycles. The van der Waals surface area contributed by atoms with Gasteiger partial charge in [0, 0.05) is 56.5 Å². The summed E-state index contributed by atoms with van der Waals surface area (Å²) in [4.78, 5) is 11.7. The largest absolute Gasteiger partial charge is 0.379 e. The van der Waals surface area contributed by atoms with Crippen molar-refractivity contribution in [3.8, 4) is 0 Å². The molecule has 168 valence electrons. The smallest absolute Gasteiger partial charge is 0.191 e. The van der Waals surface area contributed by atoms with Crippen LogP contribution in [0.1, 0.15) is 51.7 Å². The van der Waals surface area contributed by atoms with E-state index in [-0.39, 0.29) is 29.4 Å². The summed E-state index contributed by atoms with van der Waals surface area (Å²) >= 11 is 1.75. The molecule has 0 spiro atoms. The van der Waals surface area contributed by atoms with Gasteiger partial charge < -0.3 is 15.4 Å². The highest BCUT2D eigenvalue weighted by molar-refractivity contribution is 14.0. The molecule has 1 unspecified atom stereocenters. The predicted octanol–water partition coefficient (Wildman–Crippen LogP) is 3.51. The number of guanidine groups is 1. The summed E-state index contributed by atoms with van der Waals surface area (Å²) in [6.45, 7) is 16.7. The lowest BCUT2D eigenvalue weighted by Gasteiger charge is -2.35. The zero-order chi connectivity index (χ0) is 20.6. The average molecular weight is 538 g/mol. The fourth-order valence-corrected chi connectivity index (χ4v) is 4.37. The van der Waals surface area contributed by atoms with Crippen LogP contribution in [-0.4, -0.2) is 68.3 Å². The van der Waals surface area contributed by atoms with Crippen molar-refractivity contribution in [2.24, 2.45) is 10.9 Å². The summed E-state index contributed by atoms with van der Waals surface area (Å²) in [5.74, 6) is 1.54. The minimum Gasteiger partial charge on any atom is -0.379 e. The minimum absolute atomic E-state index is 0. The molecule has 1 saturated heterocycles. The molecule has 2 N–H and O–H groups in total. The number of rotatable bonds is 8. The fourth-order valence-electron chi connectivity index (χ4n) is 3.34. The van der Waals surface area contributed by atoms with E-state index in [0.717, 1.165) is 51.8 Å². The van der Waals surface area contributed by atoms with Crippen LogP contribution in [-0.2, 0) is 16.6 Å². The van der Waals surface area contributed by atoms with Crippen LogP contribution < -0.4 is 10.6 Å². The van der Waals surface area contributed by atoms with E-state index in [0.29, 0.717) is 12.0 Å². The van der Waals surface area contributed by atoms with Crippen LogP contribution in [0.15, 0.2) is 10.4 Å². The summed E-state index contributed by atoms with van der Waals surface area (Å²) in [7, 11) is 1.84. The lowest BCUT2D eigenvalue weighted by atomic mass is 9.93. The normalized spacial score (nSPS) is 17.1. The lowest BCUT2D eigenvalue weighted by molar-refractivity contribution is 0.0132. The second-order valence-corrected chi connectivity index (χ2v) is 9.88. The summed E-state index contributed by atoms with van der Waals surface area (Å²) in [6, 6.07) is 0.510. The van der Waals surface area contributed by atoms with Gasteiger partial charge >= 0.3 is 0 Å². The Morgan fingerprint density at radius 3 is 2.52 bits per heavy atom. The van der Waals surface area contributed by atoms with E-state index in [2.05, 4.69) is 60.5 Å². The number of nitrogens with one attached hydrogen (secondary N) is 2. The molecule has 2 rings (SSSR count). The maximum atomic E-state index is 5.52. The van der Waals surface area contributed by atoms with Crippen LogP contribution >= 0.6 is 35.3 Å². The quantitative estimate of drug-likeness (QED) is 0.302. The van der Waals surface area contributed by atoms with E-state index in [4.69, 9.17) is 9.72 Å². The third-order valence-corrected chi connectivity index (χ3v) is 5.89. The average Bonchev–Trinajstić information content (AvgIpc) is 3.13. The van der Waals surface area contributed by atoms with Crippen LogP contribution in [0.5, 0.6) is 0 Å². The summed E-state index contributed by atoms with van der Waals surface area (Å²) in [5, 5.41) is 10.3. The third-order valence-electron chi connectivity index (χ3n) is 4.99. The van der Waals surface area contributed by atoms with Crippen molar-refractivity contribution in [1.29, 1.82) is 0 Å². The maximum Gasteiger partial charge on any atom is 0.191 e. The fraction of sp³-hybridized carbons (Fsp3) is 0.810. The van der Waals surface area contributed by atoms with Crippen LogP contribution in [0.2, 0.25) is 0 Å². The number of hydrogen-bond donors (Lipinski definition) is 2. The van der Waals surface area contributed by atoms with Crippen molar-refractivity contribution in [3.05, 3.63) is 16.1 Å². The lowest BCUT2D eigenvalue weighted by Crippen LogP contribution is -2.51. The predicted molar refractivity (Wildman–Crippen MR) is 135 cm³/mol. The molecule has 0 amide bonds. The van der Waals surface area contributed by atoms with Crippen LogP contribution in [0.4, 0.5) is 0 Å². The Balaban J connectivity index is 0.00000420. The molecule has 8 heteroatoms. The number of hydrogen-bond acceptors (Lipinski definition) is 5. The SMILES string of the molecule is CN=C(NCCc1nc(C(C)(C)C)cs1)NCC(CC(C)C)N1CCOCC1.I. The topological polar surface area (TPSA) is 61.8 Å². The Morgan fingerprint density at radius 1 is 1.28 bits per heavy atom. The molecule has 0 saturated carbocycles. The monoisotopic (exact) mass is 537 g/mol. The molecule has 29 heavy (non-hydrogen) atoms. The van der Waals surface area contributed by atoms with Crippen LogP contribution in [0.3, 0.4) is 0 Å². The molecule has 1 atom stereocenters. The molecule has 0 bridgehead atoms. The van der Waals surface area contributed by atoms with Crippen LogP contribution in [0.25, 0.3) is 0 Å². The van der Waals surface area contributed by atoms with Crippen LogP contribution in [0, 0.1) is 5.92 Å². The summed E-state index contributed by atoms with van der Waals surface area (Å²) in [6.07, 6.45) is 2.10. The van der Waals surface area contributed by atoms with E-state index in [1.165, 1.54) is 17.1 Å². The molecular weight excluding hydrogens is 497 g/mol. The highest BCUT2D eigenvalue weighted by Crippen LogP contribution is 2.23. The molecule has 6 nitrogen and oxygen atoms in total. The standard InChI is InChI=1S/C21H39N5OS.HI/c1-16(2)13-17(26-9-11-27-12-10-26)14-24-20(22-6)23-8-7-19-25-18(15-28-19)21(3,4)5;/h15-17H,7-14H2,1-6H3,(H2,22,23,24);1H. The van der Waals surface area contributed by atoms with Gasteiger partial charge in [0.1, 0.15) is 0 Å². The number of aromatic nitrogens is 1. The highest BCUT2D eigenvalue weighted by atomic mass is 127. The number of thiazole rings is 1. The van der Waals surface area contributed by atoms with Gasteiger partial charge in [-0.1, -0.05) is 34.6 Å². The Kier molecular flexibility index (Phi) is 12.0. The van der Waals surface area contributed by atoms with E-state index in [1.807, 2.05) is 7.05 Å². The van der Waals surface area contributed by atoms with Crippen molar-refractivity contribution < 1.29 is 4.74 Å². The van der Waals surface area contributed by atoms with E-state index < -0.39 is 0 Å². The summed E-state index contributed by atoms with van der Waals surface area (Å²) in [5.41, 5.74) is 1.29. The molecule has 1 aromatic heterocycles. The van der Waals surface area contributed by atoms with E-state index in [1.54, 1.807) is 11.3 Å². The number of morpholine rings is 1. The van der Waals surface area contributed by atoms with Crippen molar-refractivity contribution >= 4 is 41.3 Å². The van der Waals surface area contributed by atoms with Crippen molar-refractivity contribution in [2.75, 3.05) is 46.4 Å². The second-order valence-electron chi connectivity index (χ2n) is 8.94. The second kappa shape index (κ2) is 13.1. The summed E-state index contributed by atoms with van der Waals surface area (Å²) < 4.78 is 5.52. The minimum atomic E-state index is 0. The number of halogens is 1. The van der Waals surface area contributed by atoms with Gasteiger partial charge in [0.05, 0.1) is 23.9 Å². The van der Waals surface area contributed by atoms with Gasteiger partial charge in [-0.25, -0.2) is 4.98 Å². The molecule has 0 aliphatic carbocycles. The first kappa shape index (κ1) is 26.6. The van der Waals surface area contributed by atoms with Gasteiger partial charge in [0.2, 0.25) is 0 Å². The van der Waals surface area contributed by atoms with Gasteiger partial charge in [-0.3, -0.25) is 9.89 Å². The van der Waals surface area contributed by atoms with Gasteiger partial charge in [-0.15, -0.1) is 35.3 Å². The zero-order valence-corrected chi connectivity index (χ0v) is 22.1. The van der Waals surface area contributed by atoms with Gasteiger partial charge in [0.25, 0.3) is 0 Å². The number of nitrogens with zero attached hydrogens (tertiary/aromatic N) is 3. The third kappa shape index (κ3) is 9.48. The molecule has 1 aromatic rings. The molecule has 2 heterocycles. The molecule has 1 fully saturated rings. The molecule has 0 aromatic carbocycles. The first-order chi connectivity index (χ1) is 13.3. The highest BCUT2D eigenvalue weighted by Gasteiger charge is 2.22. The zero-order valence-electron chi connectivity index (χ0n) is 19.0. The Labute approximate surface area is 198 Å². The Bertz CT molecular complexity index is 608. The number of ether oxygens (including phenoxy) is 1. The first-order valence-electron chi connectivity index (χ1n) is 10.5.